The summed E-state index contributed by atoms with van der Waals surface area (Å²) >= 11 is 0. The zero-order chi connectivity index (χ0) is 22.5. The zero-order valence-electron chi connectivity index (χ0n) is 18.4. The van der Waals surface area contributed by atoms with E-state index in [0.29, 0.717) is 48.1 Å². The van der Waals surface area contributed by atoms with Gasteiger partial charge in [0, 0.05) is 12.0 Å². The Balaban J connectivity index is 0.00000363. The van der Waals surface area contributed by atoms with Crippen LogP contribution in [0.1, 0.15) is 37.2 Å². The minimum Gasteiger partial charge on any atom is -0.465 e. The first kappa shape index (κ1) is 24.9. The molecule has 32 heavy (non-hydrogen) atoms. The van der Waals surface area contributed by atoms with Crippen molar-refractivity contribution in [2.75, 3.05) is 6.61 Å². The van der Waals surface area contributed by atoms with E-state index in [1.807, 2.05) is 38.1 Å². The number of ether oxygens (including phenoxy) is 1. The van der Waals surface area contributed by atoms with Crippen molar-refractivity contribution in [2.45, 2.75) is 33.6 Å². The summed E-state index contributed by atoms with van der Waals surface area (Å²) < 4.78 is 8.05. The molecule has 0 atom stereocenters. The Hall–Kier alpha value is -3.39. The third-order valence-electron chi connectivity index (χ3n) is 4.75. The molecular formula is C23H28ClN5O3. The second-order valence-corrected chi connectivity index (χ2v) is 7.78. The van der Waals surface area contributed by atoms with Gasteiger partial charge in [0.15, 0.2) is 0 Å². The Bertz CT molecular complexity index is 1130. The van der Waals surface area contributed by atoms with E-state index in [1.54, 1.807) is 31.2 Å². The van der Waals surface area contributed by atoms with Crippen molar-refractivity contribution in [3.63, 3.8) is 0 Å². The van der Waals surface area contributed by atoms with Crippen LogP contribution in [0.5, 0.6) is 0 Å². The minimum atomic E-state index is -0.293. The molecule has 170 valence electrons. The number of aromatic nitrogens is 3. The third kappa shape index (κ3) is 5.85. The average molecular weight is 458 g/mol. The molecule has 3 N–H and O–H groups in total. The molecule has 0 amide bonds. The highest BCUT2D eigenvalue weighted by Crippen LogP contribution is 2.13. The fraction of sp³-hybridized carbons (Fsp3) is 0.304. The summed E-state index contributed by atoms with van der Waals surface area (Å²) in [7, 11) is 0. The van der Waals surface area contributed by atoms with Crippen LogP contribution in [0.15, 0.2) is 53.3 Å². The van der Waals surface area contributed by atoms with Crippen LogP contribution in [0.2, 0.25) is 0 Å². The fourth-order valence-corrected chi connectivity index (χ4v) is 3.10. The first-order valence-electron chi connectivity index (χ1n) is 10.1. The Labute approximate surface area is 192 Å². The molecule has 3 rings (SSSR count). The number of nitrogens with one attached hydrogen (secondary N) is 1. The number of hydrogen-bond acceptors (Lipinski definition) is 5. The number of nitrogens with two attached hydrogens (primary N) is 1. The maximum atomic E-state index is 13.0. The van der Waals surface area contributed by atoms with Crippen LogP contribution in [0.3, 0.4) is 0 Å². The van der Waals surface area contributed by atoms with Gasteiger partial charge in [-0.2, -0.15) is 4.68 Å². The molecule has 3 aromatic rings. The van der Waals surface area contributed by atoms with Gasteiger partial charge < -0.3 is 10.5 Å². The molecular weight excluding hydrogens is 430 g/mol. The van der Waals surface area contributed by atoms with Crippen LogP contribution >= 0.6 is 12.4 Å². The third-order valence-corrected chi connectivity index (χ3v) is 4.75. The molecule has 0 aliphatic carbocycles. The zero-order valence-corrected chi connectivity index (χ0v) is 19.2. The van der Waals surface area contributed by atoms with E-state index in [0.717, 1.165) is 5.56 Å². The molecule has 0 spiro atoms. The van der Waals surface area contributed by atoms with Gasteiger partial charge in [0.1, 0.15) is 11.7 Å². The van der Waals surface area contributed by atoms with Crippen LogP contribution < -0.4 is 11.4 Å². The van der Waals surface area contributed by atoms with Crippen LogP contribution in [-0.4, -0.2) is 32.8 Å². The van der Waals surface area contributed by atoms with Crippen molar-refractivity contribution < 1.29 is 9.53 Å². The molecule has 1 aromatic heterocycles. The summed E-state index contributed by atoms with van der Waals surface area (Å²) in [5, 5.41) is 11.8. The number of esters is 1. The lowest BCUT2D eigenvalue weighted by Gasteiger charge is -2.08. The Morgan fingerprint density at radius 3 is 2.25 bits per heavy atom. The lowest BCUT2D eigenvalue weighted by Crippen LogP contribution is -2.23. The number of carbonyl (C=O) groups is 1. The highest BCUT2D eigenvalue weighted by Gasteiger charge is 2.14. The summed E-state index contributed by atoms with van der Waals surface area (Å²) in [5.41, 5.74) is 8.04. The Morgan fingerprint density at radius 2 is 1.69 bits per heavy atom. The molecule has 0 unspecified atom stereocenters. The number of rotatable bonds is 8. The second-order valence-electron chi connectivity index (χ2n) is 7.78. The lowest BCUT2D eigenvalue weighted by molar-refractivity contribution is -0.144. The van der Waals surface area contributed by atoms with Crippen molar-refractivity contribution in [3.05, 3.63) is 76.0 Å². The van der Waals surface area contributed by atoms with Crippen molar-refractivity contribution in [2.24, 2.45) is 11.7 Å². The maximum Gasteiger partial charge on any atom is 0.355 e. The van der Waals surface area contributed by atoms with Crippen molar-refractivity contribution >= 4 is 24.2 Å². The summed E-state index contributed by atoms with van der Waals surface area (Å²) in [5.74, 6) is 0.624. The summed E-state index contributed by atoms with van der Waals surface area (Å²) in [4.78, 5) is 24.8. The number of amidine groups is 1. The van der Waals surface area contributed by atoms with E-state index < -0.39 is 0 Å². The average Bonchev–Trinajstić information content (AvgIpc) is 3.05. The summed E-state index contributed by atoms with van der Waals surface area (Å²) in [6, 6.07) is 14.2. The number of aryl methyl sites for hydroxylation is 2. The number of nitrogen functional groups attached to an aromatic ring is 1. The fourth-order valence-electron chi connectivity index (χ4n) is 3.10. The molecule has 8 nitrogen and oxygen atoms in total. The predicted molar refractivity (Wildman–Crippen MR) is 126 cm³/mol. The Morgan fingerprint density at radius 1 is 1.09 bits per heavy atom. The van der Waals surface area contributed by atoms with Crippen LogP contribution in [0, 0.1) is 18.3 Å². The predicted octanol–water partition coefficient (Wildman–Crippen LogP) is 3.17. The van der Waals surface area contributed by atoms with Crippen molar-refractivity contribution in [3.8, 4) is 11.4 Å². The van der Waals surface area contributed by atoms with Gasteiger partial charge >= 0.3 is 11.7 Å². The number of halogens is 1. The van der Waals surface area contributed by atoms with Crippen LogP contribution in [0.4, 0.5) is 0 Å². The summed E-state index contributed by atoms with van der Waals surface area (Å²) in [6.07, 6.45) is 0.895. The van der Waals surface area contributed by atoms with Gasteiger partial charge in [0.25, 0.3) is 0 Å². The van der Waals surface area contributed by atoms with E-state index in [-0.39, 0.29) is 29.9 Å². The lowest BCUT2D eigenvalue weighted by atomic mass is 10.1. The topological polar surface area (TPSA) is 116 Å². The first-order valence-corrected chi connectivity index (χ1v) is 10.1. The maximum absolute atomic E-state index is 13.0. The molecule has 9 heteroatoms. The minimum absolute atomic E-state index is 0. The Kier molecular flexibility index (Phi) is 8.37. The van der Waals surface area contributed by atoms with E-state index >= 15 is 0 Å². The SMILES string of the molecule is Cc1nn(-c2ccc(C(=N)N)cc2)c(=O)n1-c1ccc(CCC(=O)OCC(C)C)cc1.Cl. The van der Waals surface area contributed by atoms with E-state index in [2.05, 4.69) is 5.10 Å². The van der Waals surface area contributed by atoms with E-state index in [1.165, 1.54) is 9.25 Å². The normalized spacial score (nSPS) is 10.6. The van der Waals surface area contributed by atoms with Gasteiger partial charge in [-0.1, -0.05) is 26.0 Å². The molecule has 0 aliphatic rings. The monoisotopic (exact) mass is 457 g/mol. The van der Waals surface area contributed by atoms with Crippen LogP contribution in [0.25, 0.3) is 11.4 Å². The smallest absolute Gasteiger partial charge is 0.355 e. The second kappa shape index (κ2) is 10.8. The van der Waals surface area contributed by atoms with Gasteiger partial charge in [0.2, 0.25) is 0 Å². The molecule has 0 fully saturated rings. The molecule has 1 heterocycles. The van der Waals surface area contributed by atoms with Crippen molar-refractivity contribution in [1.82, 2.24) is 14.3 Å². The quantitative estimate of drug-likeness (QED) is 0.306. The molecule has 0 bridgehead atoms. The van der Waals surface area contributed by atoms with Gasteiger partial charge in [0.05, 0.1) is 18.0 Å². The summed E-state index contributed by atoms with van der Waals surface area (Å²) in [6.45, 7) is 6.19. The van der Waals surface area contributed by atoms with Gasteiger partial charge in [-0.05, 0) is 61.2 Å². The molecule has 0 saturated heterocycles. The standard InChI is InChI=1S/C23H27N5O3.ClH/c1-15(2)14-31-21(29)13-6-17-4-9-19(10-5-17)27-16(3)26-28(23(27)30)20-11-7-18(8-12-20)22(24)25;/h4-5,7-12,15H,6,13-14H2,1-3H3,(H3,24,25);1H. The van der Waals surface area contributed by atoms with Gasteiger partial charge in [-0.25, -0.2) is 9.36 Å². The van der Waals surface area contributed by atoms with E-state index in [4.69, 9.17) is 15.9 Å². The molecule has 0 aliphatic heterocycles. The number of nitrogens with zero attached hydrogens (tertiary/aromatic N) is 3. The van der Waals surface area contributed by atoms with E-state index in [9.17, 15) is 9.59 Å². The first-order chi connectivity index (χ1) is 14.8. The highest BCUT2D eigenvalue weighted by atomic mass is 35.5. The number of carbonyl (C=O) groups excluding carboxylic acids is 1. The molecule has 0 saturated carbocycles. The van der Waals surface area contributed by atoms with Crippen molar-refractivity contribution in [1.29, 1.82) is 5.41 Å². The van der Waals surface area contributed by atoms with Crippen LogP contribution in [-0.2, 0) is 16.0 Å². The molecule has 2 aromatic carbocycles. The number of hydrogen-bond donors (Lipinski definition) is 2. The largest absolute Gasteiger partial charge is 0.465 e. The number of benzene rings is 2. The van der Waals surface area contributed by atoms with Gasteiger partial charge in [-0.3, -0.25) is 10.2 Å². The van der Waals surface area contributed by atoms with Gasteiger partial charge in [-0.15, -0.1) is 17.5 Å². The molecule has 0 radical (unpaired) electrons. The highest BCUT2D eigenvalue weighted by molar-refractivity contribution is 5.95.